The molecule has 8 heteroatoms. The Kier molecular flexibility index (Phi) is 4.98. The summed E-state index contributed by atoms with van der Waals surface area (Å²) in [5.74, 6) is 0.610. The fourth-order valence-corrected chi connectivity index (χ4v) is 5.59. The molecule has 1 atom stereocenters. The maximum atomic E-state index is 13.4. The lowest BCUT2D eigenvalue weighted by molar-refractivity contribution is -0.133. The number of pyridine rings is 1. The predicted octanol–water partition coefficient (Wildman–Crippen LogP) is 2.88. The zero-order valence-corrected chi connectivity index (χ0v) is 19.7. The molecule has 0 saturated carbocycles. The van der Waals surface area contributed by atoms with Gasteiger partial charge in [0, 0.05) is 38.0 Å². The maximum absolute atomic E-state index is 13.4. The lowest BCUT2D eigenvalue weighted by Gasteiger charge is -2.49. The van der Waals surface area contributed by atoms with E-state index in [1.807, 2.05) is 54.3 Å². The summed E-state index contributed by atoms with van der Waals surface area (Å²) in [6, 6.07) is 19.3. The number of nitrogens with zero attached hydrogens (tertiary/aromatic N) is 5. The minimum Gasteiger partial charge on any atom is -0.353 e. The van der Waals surface area contributed by atoms with Gasteiger partial charge in [-0.2, -0.15) is 0 Å². The second-order valence-electron chi connectivity index (χ2n) is 9.58. The van der Waals surface area contributed by atoms with Crippen LogP contribution in [0.25, 0.3) is 10.9 Å². The second-order valence-corrected chi connectivity index (χ2v) is 9.58. The average molecular weight is 470 g/mol. The molecule has 4 heterocycles. The first kappa shape index (κ1) is 21.6. The molecule has 3 aliphatic heterocycles. The van der Waals surface area contributed by atoms with E-state index in [1.54, 1.807) is 21.9 Å². The minimum atomic E-state index is -0.824. The van der Waals surface area contributed by atoms with Gasteiger partial charge in [-0.25, -0.2) is 4.98 Å². The lowest BCUT2D eigenvalue weighted by Crippen LogP contribution is -2.64. The van der Waals surface area contributed by atoms with Crippen LogP contribution in [0.4, 0.5) is 11.5 Å². The normalized spacial score (nSPS) is 22.0. The van der Waals surface area contributed by atoms with Crippen molar-refractivity contribution in [2.24, 2.45) is 0 Å². The summed E-state index contributed by atoms with van der Waals surface area (Å²) in [4.78, 5) is 51.6. The van der Waals surface area contributed by atoms with Gasteiger partial charge in [0.15, 0.2) is 0 Å². The van der Waals surface area contributed by atoms with Crippen molar-refractivity contribution in [2.45, 2.75) is 25.4 Å². The number of hydrogen-bond donors (Lipinski definition) is 0. The van der Waals surface area contributed by atoms with E-state index in [0.717, 1.165) is 16.7 Å². The number of carbonyl (C=O) groups is 3. The number of amides is 3. The van der Waals surface area contributed by atoms with Crippen molar-refractivity contribution in [1.29, 1.82) is 0 Å². The molecule has 3 aromatic rings. The molecule has 3 amide bonds. The van der Waals surface area contributed by atoms with Gasteiger partial charge in [0.05, 0.1) is 16.8 Å². The van der Waals surface area contributed by atoms with Gasteiger partial charge in [-0.05, 0) is 43.7 Å². The zero-order chi connectivity index (χ0) is 24.2. The fourth-order valence-electron chi connectivity index (χ4n) is 5.59. The predicted molar refractivity (Wildman–Crippen MR) is 133 cm³/mol. The van der Waals surface area contributed by atoms with Gasteiger partial charge >= 0.3 is 0 Å². The van der Waals surface area contributed by atoms with Crippen LogP contribution in [0.2, 0.25) is 0 Å². The summed E-state index contributed by atoms with van der Waals surface area (Å²) in [5.41, 5.74) is 1.24. The van der Waals surface area contributed by atoms with Crippen LogP contribution in [0.3, 0.4) is 0 Å². The van der Waals surface area contributed by atoms with E-state index in [-0.39, 0.29) is 24.3 Å². The molecule has 2 saturated heterocycles. The number of rotatable bonds is 3. The summed E-state index contributed by atoms with van der Waals surface area (Å²) in [6.07, 6.45) is 0.876. The van der Waals surface area contributed by atoms with E-state index in [9.17, 15) is 14.4 Å². The van der Waals surface area contributed by atoms with E-state index in [4.69, 9.17) is 4.98 Å². The summed E-state index contributed by atoms with van der Waals surface area (Å²) >= 11 is 0. The standard InChI is InChI=1S/C27H27N5O3/c1-27-13-12-24(33)32(27)22-9-5-3-7-20(22)26(35)31(27)18-25(34)30-16-14-29(15-17-30)23-11-10-19-6-2-4-8-21(19)28-23/h2-11H,12-18H2,1H3. The van der Waals surface area contributed by atoms with Crippen molar-refractivity contribution in [3.63, 3.8) is 0 Å². The summed E-state index contributed by atoms with van der Waals surface area (Å²) < 4.78 is 0. The van der Waals surface area contributed by atoms with Gasteiger partial charge in [-0.15, -0.1) is 0 Å². The highest BCUT2D eigenvalue weighted by Gasteiger charge is 2.53. The quantitative estimate of drug-likeness (QED) is 0.590. The van der Waals surface area contributed by atoms with Crippen molar-refractivity contribution in [2.75, 3.05) is 42.5 Å². The third-order valence-electron chi connectivity index (χ3n) is 7.58. The zero-order valence-electron chi connectivity index (χ0n) is 19.7. The largest absolute Gasteiger partial charge is 0.353 e. The van der Waals surface area contributed by atoms with Gasteiger partial charge < -0.3 is 14.7 Å². The maximum Gasteiger partial charge on any atom is 0.258 e. The molecule has 1 aromatic heterocycles. The van der Waals surface area contributed by atoms with Crippen molar-refractivity contribution in [1.82, 2.24) is 14.8 Å². The molecule has 2 aromatic carbocycles. The molecule has 35 heavy (non-hydrogen) atoms. The topological polar surface area (TPSA) is 77.1 Å². The first-order valence-corrected chi connectivity index (χ1v) is 12.1. The molecule has 178 valence electrons. The smallest absolute Gasteiger partial charge is 0.258 e. The number of piperazine rings is 1. The van der Waals surface area contributed by atoms with Crippen molar-refractivity contribution in [3.05, 3.63) is 66.2 Å². The molecule has 0 radical (unpaired) electrons. The van der Waals surface area contributed by atoms with E-state index in [0.29, 0.717) is 50.3 Å². The number of carbonyl (C=O) groups excluding carboxylic acids is 3. The molecular weight excluding hydrogens is 442 g/mol. The Morgan fingerprint density at radius 2 is 1.69 bits per heavy atom. The van der Waals surface area contributed by atoms with E-state index < -0.39 is 5.66 Å². The number of anilines is 2. The van der Waals surface area contributed by atoms with Crippen LogP contribution in [0.15, 0.2) is 60.7 Å². The highest BCUT2D eigenvalue weighted by atomic mass is 16.2. The summed E-state index contributed by atoms with van der Waals surface area (Å²) in [5, 5.41) is 1.10. The van der Waals surface area contributed by atoms with Crippen LogP contribution in [0.1, 0.15) is 30.1 Å². The molecule has 3 aliphatic rings. The van der Waals surface area contributed by atoms with E-state index in [1.165, 1.54) is 0 Å². The van der Waals surface area contributed by atoms with E-state index in [2.05, 4.69) is 11.0 Å². The van der Waals surface area contributed by atoms with Gasteiger partial charge in [0.2, 0.25) is 11.8 Å². The Bertz CT molecular complexity index is 1350. The average Bonchev–Trinajstić information content (AvgIpc) is 3.21. The van der Waals surface area contributed by atoms with Crippen LogP contribution in [-0.4, -0.2) is 70.9 Å². The molecule has 0 N–H and O–H groups in total. The molecule has 6 rings (SSSR count). The molecule has 2 fully saturated rings. The van der Waals surface area contributed by atoms with Crippen molar-refractivity contribution < 1.29 is 14.4 Å². The van der Waals surface area contributed by atoms with Crippen LogP contribution in [-0.2, 0) is 9.59 Å². The number of fused-ring (bicyclic) bond motifs is 4. The van der Waals surface area contributed by atoms with Crippen LogP contribution in [0.5, 0.6) is 0 Å². The highest BCUT2D eigenvalue weighted by Crippen LogP contribution is 2.43. The van der Waals surface area contributed by atoms with Crippen LogP contribution >= 0.6 is 0 Å². The Balaban J connectivity index is 1.17. The SMILES string of the molecule is CC12CCC(=O)N1c1ccccc1C(=O)N2CC(=O)N1CCN(c2ccc3ccccc3n2)CC1. The molecule has 0 bridgehead atoms. The van der Waals surface area contributed by atoms with Crippen LogP contribution < -0.4 is 9.80 Å². The highest BCUT2D eigenvalue weighted by molar-refractivity contribution is 6.11. The second kappa shape index (κ2) is 8.08. The lowest BCUT2D eigenvalue weighted by atomic mass is 9.98. The summed E-state index contributed by atoms with van der Waals surface area (Å²) in [6.45, 7) is 4.33. The third kappa shape index (κ3) is 3.43. The third-order valence-corrected chi connectivity index (χ3v) is 7.58. The monoisotopic (exact) mass is 469 g/mol. The Morgan fingerprint density at radius 1 is 0.943 bits per heavy atom. The Morgan fingerprint density at radius 3 is 2.51 bits per heavy atom. The van der Waals surface area contributed by atoms with E-state index >= 15 is 0 Å². The van der Waals surface area contributed by atoms with Gasteiger partial charge in [-0.3, -0.25) is 19.3 Å². The van der Waals surface area contributed by atoms with Crippen LogP contribution in [0, 0.1) is 0 Å². The van der Waals surface area contributed by atoms with Gasteiger partial charge in [0.25, 0.3) is 5.91 Å². The number of para-hydroxylation sites is 2. The first-order valence-electron chi connectivity index (χ1n) is 12.1. The summed E-state index contributed by atoms with van der Waals surface area (Å²) in [7, 11) is 0. The van der Waals surface area contributed by atoms with Crippen molar-refractivity contribution in [3.8, 4) is 0 Å². The van der Waals surface area contributed by atoms with Gasteiger partial charge in [-0.1, -0.05) is 30.3 Å². The number of hydrogen-bond acceptors (Lipinski definition) is 5. The minimum absolute atomic E-state index is 0.0126. The fraction of sp³-hybridized carbons (Fsp3) is 0.333. The van der Waals surface area contributed by atoms with Crippen molar-refractivity contribution >= 4 is 40.1 Å². The number of benzene rings is 2. The molecule has 1 unspecified atom stereocenters. The first-order chi connectivity index (χ1) is 17.0. The molecule has 0 spiro atoms. The van der Waals surface area contributed by atoms with Gasteiger partial charge in [0.1, 0.15) is 18.0 Å². The molecule has 0 aliphatic carbocycles. The molecule has 8 nitrogen and oxygen atoms in total. The Labute approximate surface area is 203 Å². The molecular formula is C27H27N5O3. The Hall–Kier alpha value is -3.94. The number of aromatic nitrogens is 1.